The van der Waals surface area contributed by atoms with Crippen LogP contribution in [0.3, 0.4) is 0 Å². The second-order valence-corrected chi connectivity index (χ2v) is 13.3. The number of unbranched alkanes of at least 4 members (excludes halogenated alkanes) is 23. The zero-order valence-corrected chi connectivity index (χ0v) is 28.8. The standard InChI is InChI=1S/C38H74O4/c1-4-7-10-13-16-17-20-25-30-35-38(33-28-23-14-11-8-5-2,34-29-24-15-12-9-6-3)42-37(41)32-27-22-19-18-21-26-31-36(39)40/h4-35H2,1-3H3,(H,39,40)/p-1. The summed E-state index contributed by atoms with van der Waals surface area (Å²) in [5.74, 6) is -0.939. The minimum absolute atomic E-state index is 0.0137. The first-order valence-corrected chi connectivity index (χ1v) is 18.9. The van der Waals surface area contributed by atoms with Gasteiger partial charge in [0.1, 0.15) is 5.60 Å². The molecule has 250 valence electrons. The van der Waals surface area contributed by atoms with Crippen LogP contribution in [0.5, 0.6) is 0 Å². The van der Waals surface area contributed by atoms with Crippen molar-refractivity contribution < 1.29 is 19.4 Å². The molecule has 0 heterocycles. The molecule has 42 heavy (non-hydrogen) atoms. The summed E-state index contributed by atoms with van der Waals surface area (Å²) >= 11 is 0. The molecule has 0 bridgehead atoms. The first-order chi connectivity index (χ1) is 20.5. The van der Waals surface area contributed by atoms with E-state index in [1.54, 1.807) is 0 Å². The number of esters is 1. The molecule has 0 rings (SSSR count). The average Bonchev–Trinajstić information content (AvgIpc) is 2.97. The fourth-order valence-corrected chi connectivity index (χ4v) is 6.28. The minimum Gasteiger partial charge on any atom is -0.550 e. The molecule has 0 saturated heterocycles. The third-order valence-corrected chi connectivity index (χ3v) is 9.05. The molecule has 0 aliphatic heterocycles. The van der Waals surface area contributed by atoms with E-state index in [0.29, 0.717) is 12.8 Å². The summed E-state index contributed by atoms with van der Waals surface area (Å²) in [5, 5.41) is 10.6. The summed E-state index contributed by atoms with van der Waals surface area (Å²) < 4.78 is 6.53. The molecule has 0 aromatic rings. The highest BCUT2D eigenvalue weighted by molar-refractivity contribution is 5.69. The fourth-order valence-electron chi connectivity index (χ4n) is 6.28. The molecule has 0 aromatic carbocycles. The monoisotopic (exact) mass is 594 g/mol. The Kier molecular flexibility index (Phi) is 30.6. The topological polar surface area (TPSA) is 66.4 Å². The lowest BCUT2D eigenvalue weighted by atomic mass is 9.84. The van der Waals surface area contributed by atoms with E-state index >= 15 is 0 Å². The summed E-state index contributed by atoms with van der Waals surface area (Å²) in [6.45, 7) is 6.82. The van der Waals surface area contributed by atoms with Crippen molar-refractivity contribution >= 4 is 11.9 Å². The number of carboxylic acids is 1. The van der Waals surface area contributed by atoms with Gasteiger partial charge in [-0.2, -0.15) is 0 Å². The molecule has 0 spiro atoms. The van der Waals surface area contributed by atoms with Gasteiger partial charge in [0.15, 0.2) is 0 Å². The summed E-state index contributed by atoms with van der Waals surface area (Å²) in [6.07, 6.45) is 36.6. The van der Waals surface area contributed by atoms with Crippen LogP contribution in [0.15, 0.2) is 0 Å². The van der Waals surface area contributed by atoms with Gasteiger partial charge in [0.05, 0.1) is 0 Å². The Balaban J connectivity index is 4.92. The molecule has 0 amide bonds. The summed E-state index contributed by atoms with van der Waals surface area (Å²) in [5.41, 5.74) is -0.265. The molecular formula is C38H73O4-. The number of rotatable bonds is 34. The summed E-state index contributed by atoms with van der Waals surface area (Å²) in [6, 6.07) is 0. The van der Waals surface area contributed by atoms with E-state index < -0.39 is 5.97 Å². The van der Waals surface area contributed by atoms with Crippen LogP contribution >= 0.6 is 0 Å². The van der Waals surface area contributed by atoms with Crippen LogP contribution in [-0.4, -0.2) is 17.5 Å². The summed E-state index contributed by atoms with van der Waals surface area (Å²) in [7, 11) is 0. The molecule has 0 saturated carbocycles. The van der Waals surface area contributed by atoms with Gasteiger partial charge in [-0.25, -0.2) is 0 Å². The van der Waals surface area contributed by atoms with Gasteiger partial charge in [-0.3, -0.25) is 4.79 Å². The second-order valence-electron chi connectivity index (χ2n) is 13.3. The Morgan fingerprint density at radius 2 is 0.714 bits per heavy atom. The van der Waals surface area contributed by atoms with Crippen LogP contribution in [0.1, 0.15) is 226 Å². The lowest BCUT2D eigenvalue weighted by molar-refractivity contribution is -0.305. The van der Waals surface area contributed by atoms with Crippen LogP contribution in [0.4, 0.5) is 0 Å². The average molecular weight is 594 g/mol. The number of hydrogen-bond acceptors (Lipinski definition) is 4. The summed E-state index contributed by atoms with van der Waals surface area (Å²) in [4.78, 5) is 23.7. The molecule has 0 aliphatic carbocycles. The Morgan fingerprint density at radius 3 is 1.05 bits per heavy atom. The molecule has 0 N–H and O–H groups in total. The molecule has 0 unspecified atom stereocenters. The van der Waals surface area contributed by atoms with E-state index in [2.05, 4.69) is 20.8 Å². The number of hydrogen-bond donors (Lipinski definition) is 0. The molecular weight excluding hydrogens is 520 g/mol. The zero-order chi connectivity index (χ0) is 31.0. The maximum Gasteiger partial charge on any atom is 0.306 e. The van der Waals surface area contributed by atoms with Gasteiger partial charge in [0, 0.05) is 12.4 Å². The molecule has 0 aromatic heterocycles. The van der Waals surface area contributed by atoms with Crippen LogP contribution in [0.25, 0.3) is 0 Å². The second kappa shape index (κ2) is 31.4. The number of carbonyl (C=O) groups excluding carboxylic acids is 2. The van der Waals surface area contributed by atoms with Gasteiger partial charge < -0.3 is 14.6 Å². The van der Waals surface area contributed by atoms with Crippen LogP contribution in [0, 0.1) is 0 Å². The fraction of sp³-hybridized carbons (Fsp3) is 0.947. The number of ether oxygens (including phenoxy) is 1. The van der Waals surface area contributed by atoms with E-state index in [9.17, 15) is 14.7 Å². The third kappa shape index (κ3) is 27.8. The predicted molar refractivity (Wildman–Crippen MR) is 179 cm³/mol. The lowest BCUT2D eigenvalue weighted by Crippen LogP contribution is -2.35. The smallest absolute Gasteiger partial charge is 0.306 e. The van der Waals surface area contributed by atoms with Gasteiger partial charge in [-0.05, 0) is 57.8 Å². The van der Waals surface area contributed by atoms with E-state index in [1.165, 1.54) is 135 Å². The van der Waals surface area contributed by atoms with Crippen LogP contribution in [-0.2, 0) is 14.3 Å². The lowest BCUT2D eigenvalue weighted by Gasteiger charge is -2.34. The Bertz CT molecular complexity index is 572. The highest BCUT2D eigenvalue weighted by Gasteiger charge is 2.32. The third-order valence-electron chi connectivity index (χ3n) is 9.05. The molecule has 0 radical (unpaired) electrons. The quantitative estimate of drug-likeness (QED) is 0.0550. The first-order valence-electron chi connectivity index (χ1n) is 18.9. The zero-order valence-electron chi connectivity index (χ0n) is 28.8. The number of aliphatic carboxylic acids is 1. The van der Waals surface area contributed by atoms with Crippen molar-refractivity contribution in [3.05, 3.63) is 0 Å². The maximum atomic E-state index is 13.2. The molecule has 4 nitrogen and oxygen atoms in total. The van der Waals surface area contributed by atoms with E-state index in [1.807, 2.05) is 0 Å². The number of carbonyl (C=O) groups is 2. The molecule has 4 heteroatoms. The largest absolute Gasteiger partial charge is 0.550 e. The maximum absolute atomic E-state index is 13.2. The molecule has 0 aliphatic rings. The predicted octanol–water partition coefficient (Wildman–Crippen LogP) is 11.6. The van der Waals surface area contributed by atoms with Crippen molar-refractivity contribution in [2.45, 2.75) is 232 Å². The normalized spacial score (nSPS) is 11.7. The van der Waals surface area contributed by atoms with Crippen molar-refractivity contribution in [3.63, 3.8) is 0 Å². The van der Waals surface area contributed by atoms with E-state index in [0.717, 1.165) is 51.4 Å². The van der Waals surface area contributed by atoms with Gasteiger partial charge in [-0.1, -0.05) is 162 Å². The van der Waals surface area contributed by atoms with Gasteiger partial charge in [-0.15, -0.1) is 0 Å². The van der Waals surface area contributed by atoms with Crippen molar-refractivity contribution in [1.82, 2.24) is 0 Å². The van der Waals surface area contributed by atoms with Crippen LogP contribution < -0.4 is 5.11 Å². The van der Waals surface area contributed by atoms with E-state index in [4.69, 9.17) is 4.74 Å². The first kappa shape index (κ1) is 40.9. The van der Waals surface area contributed by atoms with Crippen molar-refractivity contribution in [2.24, 2.45) is 0 Å². The Hall–Kier alpha value is -1.06. The molecule has 0 atom stereocenters. The number of carboxylic acid groups (broad SMARTS) is 1. The van der Waals surface area contributed by atoms with Gasteiger partial charge >= 0.3 is 5.97 Å². The van der Waals surface area contributed by atoms with Crippen LogP contribution in [0.2, 0.25) is 0 Å². The van der Waals surface area contributed by atoms with Gasteiger partial charge in [0.2, 0.25) is 0 Å². The van der Waals surface area contributed by atoms with Crippen molar-refractivity contribution in [3.8, 4) is 0 Å². The molecule has 0 fully saturated rings. The van der Waals surface area contributed by atoms with Crippen molar-refractivity contribution in [1.29, 1.82) is 0 Å². The minimum atomic E-state index is -0.953. The highest BCUT2D eigenvalue weighted by atomic mass is 16.6. The van der Waals surface area contributed by atoms with E-state index in [-0.39, 0.29) is 18.0 Å². The highest BCUT2D eigenvalue weighted by Crippen LogP contribution is 2.34. The van der Waals surface area contributed by atoms with Gasteiger partial charge in [0.25, 0.3) is 0 Å². The Morgan fingerprint density at radius 1 is 0.429 bits per heavy atom. The SMILES string of the molecule is CCCCCCCCCCCC(CCCCCCCC)(CCCCCCCC)OC(=O)CCCCCCCCC(=O)[O-]. The van der Waals surface area contributed by atoms with Crippen molar-refractivity contribution in [2.75, 3.05) is 0 Å². The Labute approximate surface area is 262 Å².